The molecular weight excluding hydrogens is 476 g/mol. The normalized spacial score (nSPS) is 21.7. The van der Waals surface area contributed by atoms with Crippen molar-refractivity contribution >= 4 is 38.6 Å². The van der Waals surface area contributed by atoms with Gasteiger partial charge in [0, 0.05) is 42.2 Å². The number of anilines is 1. The van der Waals surface area contributed by atoms with Crippen molar-refractivity contribution in [2.45, 2.75) is 18.1 Å². The highest BCUT2D eigenvalue weighted by Crippen LogP contribution is 2.33. The summed E-state index contributed by atoms with van der Waals surface area (Å²) < 4.78 is 12.0. The van der Waals surface area contributed by atoms with Crippen LogP contribution in [0, 0.1) is 5.92 Å². The maximum absolute atomic E-state index is 12.5. The van der Waals surface area contributed by atoms with Crippen LogP contribution in [-0.2, 0) is 11.2 Å². The van der Waals surface area contributed by atoms with Crippen molar-refractivity contribution in [1.82, 2.24) is 4.90 Å². The summed E-state index contributed by atoms with van der Waals surface area (Å²) in [6, 6.07) is 16.2. The first kappa shape index (κ1) is 22.6. The number of methoxy groups -OCH3 is 1. The van der Waals surface area contributed by atoms with Crippen LogP contribution in [0.15, 0.2) is 53.0 Å². The molecule has 7 heteroatoms. The third-order valence-electron chi connectivity index (χ3n) is 5.86. The molecule has 166 valence electrons. The van der Waals surface area contributed by atoms with E-state index < -0.39 is 0 Å². The molecule has 0 bridgehead atoms. The summed E-state index contributed by atoms with van der Waals surface area (Å²) in [4.78, 5) is 16.9. The van der Waals surface area contributed by atoms with Gasteiger partial charge in [-0.25, -0.2) is 0 Å². The second-order valence-electron chi connectivity index (χ2n) is 8.16. The van der Waals surface area contributed by atoms with Crippen LogP contribution in [-0.4, -0.2) is 61.9 Å². The quantitative estimate of drug-likeness (QED) is 0.445. The number of ether oxygens (including phenoxy) is 2. The zero-order valence-corrected chi connectivity index (χ0v) is 20.2. The second-order valence-corrected chi connectivity index (χ2v) is 10.3. The largest absolute Gasteiger partial charge is 0.491 e. The summed E-state index contributed by atoms with van der Waals surface area (Å²) in [5.41, 5.74) is 2.29. The summed E-state index contributed by atoms with van der Waals surface area (Å²) in [6.07, 6.45) is 2.22. The average molecular weight is 505 g/mol. The molecule has 0 spiro atoms. The van der Waals surface area contributed by atoms with Crippen molar-refractivity contribution in [2.24, 2.45) is 5.92 Å². The van der Waals surface area contributed by atoms with Crippen LogP contribution in [0.3, 0.4) is 0 Å². The van der Waals surface area contributed by atoms with Crippen molar-refractivity contribution in [3.05, 3.63) is 58.6 Å². The number of amides is 1. The minimum absolute atomic E-state index is 0.168. The molecule has 2 fully saturated rings. The van der Waals surface area contributed by atoms with Crippen LogP contribution in [0.2, 0.25) is 0 Å². The second kappa shape index (κ2) is 10.9. The highest BCUT2D eigenvalue weighted by atomic mass is 79.9. The predicted molar refractivity (Wildman–Crippen MR) is 130 cm³/mol. The van der Waals surface area contributed by atoms with Crippen molar-refractivity contribution < 1.29 is 14.3 Å². The molecule has 2 aromatic carbocycles. The molecule has 0 radical (unpaired) electrons. The fraction of sp³-hybridized carbons (Fsp3) is 0.458. The first-order valence-electron chi connectivity index (χ1n) is 10.8. The van der Waals surface area contributed by atoms with Crippen molar-refractivity contribution in [2.75, 3.05) is 51.4 Å². The Hall–Kier alpha value is -1.54. The van der Waals surface area contributed by atoms with Gasteiger partial charge in [-0.15, -0.1) is 0 Å². The fourth-order valence-electron chi connectivity index (χ4n) is 4.32. The minimum atomic E-state index is 0.168. The highest BCUT2D eigenvalue weighted by molar-refractivity contribution is 9.10. The number of hydrogen-bond donors (Lipinski definition) is 0. The Morgan fingerprint density at radius 2 is 1.97 bits per heavy atom. The standard InChI is InChI=1S/C24H29BrN2O3S/c1-29-11-12-30-21-7-8-23(25)19(14-21)13-18-9-10-26(15-18)16-22-17-27(24(28)31-22)20-5-3-2-4-6-20/h2-8,14,18,22H,9-13,15-17H2,1H3. The smallest absolute Gasteiger partial charge is 0.286 e. The number of carbonyl (C=O) groups excluding carboxylic acids is 1. The van der Waals surface area contributed by atoms with Gasteiger partial charge in [-0.05, 0) is 61.2 Å². The summed E-state index contributed by atoms with van der Waals surface area (Å²) >= 11 is 5.19. The number of thioether (sulfide) groups is 1. The van der Waals surface area contributed by atoms with E-state index in [9.17, 15) is 4.79 Å². The van der Waals surface area contributed by atoms with Gasteiger partial charge in [0.1, 0.15) is 12.4 Å². The summed E-state index contributed by atoms with van der Waals surface area (Å²) in [6.45, 7) is 5.10. The van der Waals surface area contributed by atoms with Crippen LogP contribution in [0.25, 0.3) is 0 Å². The van der Waals surface area contributed by atoms with E-state index in [1.54, 1.807) is 7.11 Å². The van der Waals surface area contributed by atoms with E-state index >= 15 is 0 Å². The molecule has 2 saturated heterocycles. The zero-order chi connectivity index (χ0) is 21.6. The maximum Gasteiger partial charge on any atom is 0.286 e. The number of hydrogen-bond acceptors (Lipinski definition) is 5. The van der Waals surface area contributed by atoms with E-state index in [1.165, 1.54) is 23.7 Å². The molecule has 0 aromatic heterocycles. The van der Waals surface area contributed by atoms with Gasteiger partial charge in [-0.1, -0.05) is 45.9 Å². The van der Waals surface area contributed by atoms with E-state index in [-0.39, 0.29) is 5.24 Å². The van der Waals surface area contributed by atoms with Gasteiger partial charge in [0.05, 0.1) is 6.61 Å². The molecule has 31 heavy (non-hydrogen) atoms. The predicted octanol–water partition coefficient (Wildman–Crippen LogP) is 5.08. The number of para-hydroxylation sites is 1. The fourth-order valence-corrected chi connectivity index (χ4v) is 5.83. The number of carbonyl (C=O) groups is 1. The van der Waals surface area contributed by atoms with Crippen LogP contribution in [0.1, 0.15) is 12.0 Å². The van der Waals surface area contributed by atoms with Crippen LogP contribution in [0.4, 0.5) is 10.5 Å². The SMILES string of the molecule is COCCOc1ccc(Br)c(CC2CCN(CC3CN(c4ccccc4)C(=O)S3)C2)c1. The number of likely N-dealkylation sites (tertiary alicyclic amines) is 1. The highest BCUT2D eigenvalue weighted by Gasteiger charge is 2.34. The topological polar surface area (TPSA) is 42.0 Å². The molecule has 2 aromatic rings. The van der Waals surface area contributed by atoms with Crippen molar-refractivity contribution in [3.8, 4) is 5.75 Å². The third kappa shape index (κ3) is 6.04. The first-order chi connectivity index (χ1) is 15.1. The maximum atomic E-state index is 12.5. The van der Waals surface area contributed by atoms with Gasteiger partial charge in [-0.2, -0.15) is 0 Å². The molecule has 2 aliphatic rings. The lowest BCUT2D eigenvalue weighted by atomic mass is 9.98. The molecule has 2 aliphatic heterocycles. The monoisotopic (exact) mass is 504 g/mol. The summed E-state index contributed by atoms with van der Waals surface area (Å²) in [7, 11) is 1.68. The Kier molecular flexibility index (Phi) is 7.93. The van der Waals surface area contributed by atoms with Gasteiger partial charge in [-0.3, -0.25) is 4.79 Å². The molecule has 2 atom stereocenters. The molecule has 2 heterocycles. The van der Waals surface area contributed by atoms with Gasteiger partial charge in [0.25, 0.3) is 5.24 Å². The molecule has 0 saturated carbocycles. The molecular formula is C24H29BrN2O3S. The van der Waals surface area contributed by atoms with Crippen molar-refractivity contribution in [1.29, 1.82) is 0 Å². The number of benzene rings is 2. The van der Waals surface area contributed by atoms with E-state index in [2.05, 4.69) is 33.0 Å². The minimum Gasteiger partial charge on any atom is -0.491 e. The van der Waals surface area contributed by atoms with Gasteiger partial charge >= 0.3 is 0 Å². The molecule has 1 amide bonds. The molecule has 0 aliphatic carbocycles. The van der Waals surface area contributed by atoms with Gasteiger partial charge in [0.2, 0.25) is 0 Å². The Morgan fingerprint density at radius 1 is 1.13 bits per heavy atom. The van der Waals surface area contributed by atoms with E-state index in [4.69, 9.17) is 9.47 Å². The van der Waals surface area contributed by atoms with E-state index in [1.807, 2.05) is 41.3 Å². The number of rotatable bonds is 9. The lowest BCUT2D eigenvalue weighted by Crippen LogP contribution is -2.32. The third-order valence-corrected chi connectivity index (χ3v) is 7.68. The number of nitrogens with zero attached hydrogens (tertiary/aromatic N) is 2. The van der Waals surface area contributed by atoms with Crippen LogP contribution < -0.4 is 9.64 Å². The Balaban J connectivity index is 1.28. The number of halogens is 1. The molecule has 5 nitrogen and oxygen atoms in total. The molecule has 2 unspecified atom stereocenters. The first-order valence-corrected chi connectivity index (χ1v) is 12.5. The van der Waals surface area contributed by atoms with E-state index in [0.29, 0.717) is 24.4 Å². The Bertz CT molecular complexity index is 882. The van der Waals surface area contributed by atoms with E-state index in [0.717, 1.165) is 48.5 Å². The zero-order valence-electron chi connectivity index (χ0n) is 17.8. The summed E-state index contributed by atoms with van der Waals surface area (Å²) in [5, 5.41) is 0.497. The lowest BCUT2D eigenvalue weighted by Gasteiger charge is -2.20. The molecule has 4 rings (SSSR count). The van der Waals surface area contributed by atoms with Crippen LogP contribution in [0.5, 0.6) is 5.75 Å². The lowest BCUT2D eigenvalue weighted by molar-refractivity contribution is 0.146. The Labute approximate surface area is 197 Å². The summed E-state index contributed by atoms with van der Waals surface area (Å²) in [5.74, 6) is 1.52. The van der Waals surface area contributed by atoms with Gasteiger partial charge < -0.3 is 19.3 Å². The van der Waals surface area contributed by atoms with Gasteiger partial charge in [0.15, 0.2) is 0 Å². The Morgan fingerprint density at radius 3 is 2.77 bits per heavy atom. The molecule has 0 N–H and O–H groups in total. The average Bonchev–Trinajstić information content (AvgIpc) is 3.37. The van der Waals surface area contributed by atoms with Crippen molar-refractivity contribution in [3.63, 3.8) is 0 Å². The van der Waals surface area contributed by atoms with Crippen LogP contribution >= 0.6 is 27.7 Å².